The van der Waals surface area contributed by atoms with E-state index in [0.29, 0.717) is 6.54 Å². The Labute approximate surface area is 127 Å². The van der Waals surface area contributed by atoms with Gasteiger partial charge in [0.15, 0.2) is 0 Å². The number of hydrogen-bond acceptors (Lipinski definition) is 2. The van der Waals surface area contributed by atoms with Crippen molar-refractivity contribution in [2.24, 2.45) is 0 Å². The largest absolute Gasteiger partial charge is 0.349 e. The summed E-state index contributed by atoms with van der Waals surface area (Å²) in [7, 11) is 0. The summed E-state index contributed by atoms with van der Waals surface area (Å²) in [6.45, 7) is 3.96. The van der Waals surface area contributed by atoms with Crippen LogP contribution < -0.4 is 5.32 Å². The third-order valence-electron chi connectivity index (χ3n) is 4.51. The van der Waals surface area contributed by atoms with E-state index in [0.717, 1.165) is 50.6 Å². The first-order valence-electron chi connectivity index (χ1n) is 7.52. The van der Waals surface area contributed by atoms with Crippen molar-refractivity contribution in [3.63, 3.8) is 0 Å². The molecule has 2 aliphatic rings. The monoisotopic (exact) mass is 312 g/mol. The molecule has 1 aliphatic carbocycles. The molecule has 2 fully saturated rings. The van der Waals surface area contributed by atoms with Gasteiger partial charge >= 0.3 is 5.92 Å². The molecule has 0 aromatic heterocycles. The Morgan fingerprint density at radius 2 is 2.05 bits per heavy atom. The molecule has 1 aromatic carbocycles. The highest BCUT2D eigenvalue weighted by Gasteiger charge is 2.51. The molecule has 0 unspecified atom stereocenters. The van der Waals surface area contributed by atoms with Crippen molar-refractivity contribution in [3.05, 3.63) is 35.1 Å². The molecule has 1 heterocycles. The molecule has 0 radical (unpaired) electrons. The van der Waals surface area contributed by atoms with E-state index >= 15 is 0 Å². The Morgan fingerprint density at radius 3 is 2.55 bits per heavy atom. The molecule has 1 aromatic rings. The van der Waals surface area contributed by atoms with Gasteiger partial charge in [-0.15, -0.1) is 0 Å². The van der Waals surface area contributed by atoms with Gasteiger partial charge in [-0.1, -0.05) is 0 Å². The third-order valence-corrected chi connectivity index (χ3v) is 4.51. The standard InChI is InChI=1S/C16H19F3N2O/c1-11-9-12(3-4-13(11)17)16(18,19)14(22)20-15(5-6-15)10-21-7-2-8-21/h3-4,9H,2,5-8,10H2,1H3,(H,20,22). The molecule has 3 nitrogen and oxygen atoms in total. The number of carbonyl (C=O) groups is 1. The lowest BCUT2D eigenvalue weighted by atomic mass is 10.0. The molecule has 1 saturated heterocycles. The van der Waals surface area contributed by atoms with E-state index in [1.165, 1.54) is 6.92 Å². The lowest BCUT2D eigenvalue weighted by Crippen LogP contribution is -2.53. The van der Waals surface area contributed by atoms with E-state index in [1.807, 2.05) is 0 Å². The van der Waals surface area contributed by atoms with Gasteiger partial charge in [-0.2, -0.15) is 8.78 Å². The van der Waals surface area contributed by atoms with Crippen LogP contribution in [0, 0.1) is 12.7 Å². The maximum atomic E-state index is 14.3. The Morgan fingerprint density at radius 1 is 1.36 bits per heavy atom. The molecule has 3 rings (SSSR count). The smallest absolute Gasteiger partial charge is 0.344 e. The van der Waals surface area contributed by atoms with Crippen LogP contribution in [-0.2, 0) is 10.7 Å². The second-order valence-corrected chi connectivity index (χ2v) is 6.40. The molecule has 1 saturated carbocycles. The minimum absolute atomic E-state index is 0.103. The summed E-state index contributed by atoms with van der Waals surface area (Å²) < 4.78 is 41.8. The Hall–Kier alpha value is -1.56. The average molecular weight is 312 g/mol. The first-order chi connectivity index (χ1) is 10.3. The number of likely N-dealkylation sites (tertiary alicyclic amines) is 1. The zero-order chi connectivity index (χ0) is 16.0. The zero-order valence-corrected chi connectivity index (χ0v) is 12.5. The van der Waals surface area contributed by atoms with Gasteiger partial charge < -0.3 is 10.2 Å². The van der Waals surface area contributed by atoms with E-state index in [9.17, 15) is 18.0 Å². The van der Waals surface area contributed by atoms with Crippen molar-refractivity contribution in [1.29, 1.82) is 0 Å². The Balaban J connectivity index is 1.71. The van der Waals surface area contributed by atoms with E-state index in [1.54, 1.807) is 0 Å². The van der Waals surface area contributed by atoms with Gasteiger partial charge in [0.05, 0.1) is 5.54 Å². The summed E-state index contributed by atoms with van der Waals surface area (Å²) in [5, 5.41) is 2.51. The van der Waals surface area contributed by atoms with Crippen LogP contribution in [0.2, 0.25) is 0 Å². The van der Waals surface area contributed by atoms with Crippen molar-refractivity contribution in [3.8, 4) is 0 Å². The molecule has 1 amide bonds. The number of nitrogens with one attached hydrogen (secondary N) is 1. The maximum absolute atomic E-state index is 14.3. The molecule has 6 heteroatoms. The van der Waals surface area contributed by atoms with Crippen molar-refractivity contribution < 1.29 is 18.0 Å². The highest BCUT2D eigenvalue weighted by Crippen LogP contribution is 2.39. The fourth-order valence-corrected chi connectivity index (χ4v) is 2.73. The van der Waals surface area contributed by atoms with Gasteiger partial charge in [0.2, 0.25) is 0 Å². The normalized spacial score (nSPS) is 20.4. The lowest BCUT2D eigenvalue weighted by Gasteiger charge is -2.35. The molecular weight excluding hydrogens is 293 g/mol. The number of nitrogens with zero attached hydrogens (tertiary/aromatic N) is 1. The van der Waals surface area contributed by atoms with Crippen LogP contribution in [0.15, 0.2) is 18.2 Å². The second-order valence-electron chi connectivity index (χ2n) is 6.40. The van der Waals surface area contributed by atoms with Crippen LogP contribution in [0.25, 0.3) is 0 Å². The summed E-state index contributed by atoms with van der Waals surface area (Å²) >= 11 is 0. The average Bonchev–Trinajstić information content (AvgIpc) is 3.17. The Bertz CT molecular complexity index is 595. The fraction of sp³-hybridized carbons (Fsp3) is 0.562. The number of rotatable bonds is 5. The lowest BCUT2D eigenvalue weighted by molar-refractivity contribution is -0.148. The molecule has 120 valence electrons. The summed E-state index contributed by atoms with van der Waals surface area (Å²) in [5.41, 5.74) is -0.869. The second kappa shape index (κ2) is 5.26. The molecular formula is C16H19F3N2O. The number of halogens is 3. The first-order valence-corrected chi connectivity index (χ1v) is 7.52. The van der Waals surface area contributed by atoms with Crippen LogP contribution in [0.3, 0.4) is 0 Å². The van der Waals surface area contributed by atoms with Crippen molar-refractivity contribution in [1.82, 2.24) is 10.2 Å². The van der Waals surface area contributed by atoms with Gasteiger partial charge in [-0.25, -0.2) is 4.39 Å². The van der Waals surface area contributed by atoms with Gasteiger partial charge in [0.1, 0.15) is 5.82 Å². The minimum Gasteiger partial charge on any atom is -0.344 e. The molecule has 22 heavy (non-hydrogen) atoms. The predicted molar refractivity (Wildman–Crippen MR) is 76.2 cm³/mol. The fourth-order valence-electron chi connectivity index (χ4n) is 2.73. The highest BCUT2D eigenvalue weighted by atomic mass is 19.3. The van der Waals surface area contributed by atoms with Crippen LogP contribution in [-0.4, -0.2) is 36.0 Å². The maximum Gasteiger partial charge on any atom is 0.349 e. The molecule has 0 atom stereocenters. The minimum atomic E-state index is -3.65. The van der Waals surface area contributed by atoms with Crippen LogP contribution in [0.5, 0.6) is 0 Å². The summed E-state index contributed by atoms with van der Waals surface area (Å²) in [4.78, 5) is 14.2. The Kier molecular flexibility index (Phi) is 3.67. The summed E-state index contributed by atoms with van der Waals surface area (Å²) in [6.07, 6.45) is 2.58. The van der Waals surface area contributed by atoms with Crippen LogP contribution in [0.4, 0.5) is 13.2 Å². The number of hydrogen-bond donors (Lipinski definition) is 1. The number of amides is 1. The molecule has 1 N–H and O–H groups in total. The van der Waals surface area contributed by atoms with Gasteiger partial charge in [-0.3, -0.25) is 4.79 Å². The number of benzene rings is 1. The van der Waals surface area contributed by atoms with E-state index in [2.05, 4.69) is 10.2 Å². The predicted octanol–water partition coefficient (Wildman–Crippen LogP) is 2.58. The van der Waals surface area contributed by atoms with E-state index in [4.69, 9.17) is 0 Å². The highest BCUT2D eigenvalue weighted by molar-refractivity contribution is 5.85. The zero-order valence-electron chi connectivity index (χ0n) is 12.5. The van der Waals surface area contributed by atoms with Crippen LogP contribution >= 0.6 is 0 Å². The van der Waals surface area contributed by atoms with Crippen LogP contribution in [0.1, 0.15) is 30.4 Å². The first kappa shape index (κ1) is 15.3. The van der Waals surface area contributed by atoms with E-state index < -0.39 is 28.7 Å². The molecule has 0 spiro atoms. The quantitative estimate of drug-likeness (QED) is 0.906. The van der Waals surface area contributed by atoms with Crippen molar-refractivity contribution >= 4 is 5.91 Å². The van der Waals surface area contributed by atoms with Gasteiger partial charge in [-0.05, 0) is 63.0 Å². The number of alkyl halides is 2. The number of carbonyl (C=O) groups excluding carboxylic acids is 1. The third kappa shape index (κ3) is 2.84. The van der Waals surface area contributed by atoms with Crippen molar-refractivity contribution in [2.45, 2.75) is 37.6 Å². The van der Waals surface area contributed by atoms with Gasteiger partial charge in [0.25, 0.3) is 5.91 Å². The van der Waals surface area contributed by atoms with Crippen molar-refractivity contribution in [2.75, 3.05) is 19.6 Å². The molecule has 1 aliphatic heterocycles. The SMILES string of the molecule is Cc1cc(C(F)(F)C(=O)NC2(CN3CCC3)CC2)ccc1F. The topological polar surface area (TPSA) is 32.3 Å². The number of aryl methyl sites for hydroxylation is 1. The summed E-state index contributed by atoms with van der Waals surface area (Å²) in [5.74, 6) is -5.50. The summed E-state index contributed by atoms with van der Waals surface area (Å²) in [6, 6.07) is 2.97. The van der Waals surface area contributed by atoms with E-state index in [-0.39, 0.29) is 5.56 Å². The van der Waals surface area contributed by atoms with Gasteiger partial charge in [0, 0.05) is 12.1 Å². The molecule has 0 bridgehead atoms.